The Hall–Kier alpha value is -2.66. The fourth-order valence-electron chi connectivity index (χ4n) is 7.61. The van der Waals surface area contributed by atoms with Gasteiger partial charge in [-0.2, -0.15) is 0 Å². The van der Waals surface area contributed by atoms with Gasteiger partial charge in [-0.05, 0) is 25.3 Å². The number of fused-ring (bicyclic) bond motifs is 1. The predicted molar refractivity (Wildman–Crippen MR) is 164 cm³/mol. The van der Waals surface area contributed by atoms with E-state index in [1.807, 2.05) is 30.3 Å². The monoisotopic (exact) mass is 596 g/mol. The number of ether oxygens (including phenoxy) is 1. The summed E-state index contributed by atoms with van der Waals surface area (Å²) in [6.45, 7) is 14.4. The van der Waals surface area contributed by atoms with Crippen molar-refractivity contribution in [2.24, 2.45) is 11.8 Å². The maximum absolute atomic E-state index is 14.8. The van der Waals surface area contributed by atoms with Crippen LogP contribution in [0.1, 0.15) is 31.4 Å². The highest BCUT2D eigenvalue weighted by Crippen LogP contribution is 2.72. The molecule has 4 heterocycles. The number of nitrogens with zero attached hydrogens (tertiary/aromatic N) is 4. The molecule has 4 fully saturated rings. The molecular formula is C32H44N4O5S. The number of amides is 3. The number of likely N-dealkylation sites (tertiary alicyclic amines) is 1. The number of carbonyl (C=O) groups is 3. The molecule has 6 atom stereocenters. The summed E-state index contributed by atoms with van der Waals surface area (Å²) in [7, 11) is 1.74. The summed E-state index contributed by atoms with van der Waals surface area (Å²) in [4.78, 5) is 50.8. The lowest BCUT2D eigenvalue weighted by molar-refractivity contribution is -0.147. The summed E-state index contributed by atoms with van der Waals surface area (Å²) in [5.41, 5.74) is 0.767. The van der Waals surface area contributed by atoms with E-state index in [1.165, 1.54) is 0 Å². The third-order valence-corrected chi connectivity index (χ3v) is 11.6. The Morgan fingerprint density at radius 3 is 2.48 bits per heavy atom. The Morgan fingerprint density at radius 1 is 1.14 bits per heavy atom. The van der Waals surface area contributed by atoms with E-state index in [0.717, 1.165) is 25.1 Å². The quantitative estimate of drug-likeness (QED) is 0.370. The minimum atomic E-state index is -0.814. The second-order valence-corrected chi connectivity index (χ2v) is 14.0. The van der Waals surface area contributed by atoms with Gasteiger partial charge in [-0.3, -0.25) is 19.3 Å². The lowest BCUT2D eigenvalue weighted by Crippen LogP contribution is -2.56. The summed E-state index contributed by atoms with van der Waals surface area (Å²) >= 11 is 1.65. The molecule has 0 saturated carbocycles. The van der Waals surface area contributed by atoms with Crippen molar-refractivity contribution >= 4 is 29.5 Å². The van der Waals surface area contributed by atoms with Crippen molar-refractivity contribution in [3.05, 3.63) is 61.2 Å². The van der Waals surface area contributed by atoms with Crippen LogP contribution in [0, 0.1) is 11.8 Å². The van der Waals surface area contributed by atoms with Crippen molar-refractivity contribution in [2.45, 2.75) is 41.3 Å². The van der Waals surface area contributed by atoms with Crippen LogP contribution >= 0.6 is 11.8 Å². The molecule has 4 aliphatic rings. The summed E-state index contributed by atoms with van der Waals surface area (Å²) < 4.78 is 4.27. The second kappa shape index (κ2) is 12.5. The Labute approximate surface area is 253 Å². The van der Waals surface area contributed by atoms with E-state index in [1.54, 1.807) is 45.7 Å². The van der Waals surface area contributed by atoms with Crippen LogP contribution in [-0.2, 0) is 19.1 Å². The SMILES string of the molecule is C=CCN(C)C(=O)[C@@H]1[C@H]2C(=O)N([C@H](CO)c3ccccc3)C(C(=O)N(CC=C)CCN3CCOCC3)C23CC[C@@]1(C)S3. The number of rotatable bonds is 12. The molecule has 4 aliphatic heterocycles. The van der Waals surface area contributed by atoms with Gasteiger partial charge in [-0.15, -0.1) is 24.9 Å². The molecule has 3 amide bonds. The van der Waals surface area contributed by atoms with Crippen LogP contribution in [0.4, 0.5) is 0 Å². The predicted octanol–water partition coefficient (Wildman–Crippen LogP) is 2.19. The van der Waals surface area contributed by atoms with Crippen molar-refractivity contribution in [2.75, 3.05) is 66.1 Å². The summed E-state index contributed by atoms with van der Waals surface area (Å²) in [6.07, 6.45) is 4.81. The number of hydrogen-bond donors (Lipinski definition) is 1. The zero-order chi connectivity index (χ0) is 30.1. The maximum atomic E-state index is 14.8. The van der Waals surface area contributed by atoms with Gasteiger partial charge in [-0.25, -0.2) is 0 Å². The topological polar surface area (TPSA) is 93.6 Å². The first-order chi connectivity index (χ1) is 20.2. The first-order valence-electron chi connectivity index (χ1n) is 15.0. The van der Waals surface area contributed by atoms with Crippen molar-refractivity contribution in [1.29, 1.82) is 0 Å². The van der Waals surface area contributed by atoms with E-state index in [-0.39, 0.29) is 24.3 Å². The second-order valence-electron chi connectivity index (χ2n) is 12.1. The first kappa shape index (κ1) is 30.8. The number of carbonyl (C=O) groups excluding carboxylic acids is 3. The van der Waals surface area contributed by atoms with Gasteiger partial charge in [0.2, 0.25) is 17.7 Å². The molecule has 9 nitrogen and oxygen atoms in total. The van der Waals surface area contributed by atoms with E-state index in [2.05, 4.69) is 25.0 Å². The highest BCUT2D eigenvalue weighted by molar-refractivity contribution is 8.02. The van der Waals surface area contributed by atoms with Gasteiger partial charge in [0.05, 0.1) is 42.4 Å². The van der Waals surface area contributed by atoms with E-state index < -0.39 is 33.4 Å². The smallest absolute Gasteiger partial charge is 0.247 e. The first-order valence-corrected chi connectivity index (χ1v) is 15.8. The Morgan fingerprint density at radius 2 is 1.83 bits per heavy atom. The van der Waals surface area contributed by atoms with Crippen LogP contribution in [0.3, 0.4) is 0 Å². The number of aliphatic hydroxyl groups is 1. The lowest BCUT2D eigenvalue weighted by atomic mass is 9.66. The average Bonchev–Trinajstić information content (AvgIpc) is 3.57. The van der Waals surface area contributed by atoms with Crippen LogP contribution in [0.5, 0.6) is 0 Å². The minimum Gasteiger partial charge on any atom is -0.394 e. The number of benzene rings is 1. The molecule has 4 saturated heterocycles. The standard InChI is InChI=1S/C32H44N4O5S/c1-5-14-33(4)28(38)25-26-29(39)36(24(22-37)23-10-8-7-9-11-23)27(32(26)13-12-31(25,3)42-32)30(40)35(15-6-2)17-16-34-18-20-41-21-19-34/h5-11,24-27,37H,1-2,12-22H2,3-4H3/t24-,25+,26+,27?,31-,32?/m1/s1. The number of hydrogen-bond acceptors (Lipinski definition) is 7. The molecule has 1 spiro atoms. The molecule has 0 aromatic heterocycles. The minimum absolute atomic E-state index is 0.0894. The van der Waals surface area contributed by atoms with Gasteiger partial charge in [0.1, 0.15) is 6.04 Å². The van der Waals surface area contributed by atoms with E-state index in [9.17, 15) is 19.5 Å². The Kier molecular flexibility index (Phi) is 9.18. The molecule has 2 unspecified atom stereocenters. The van der Waals surface area contributed by atoms with Crippen LogP contribution in [0.15, 0.2) is 55.6 Å². The summed E-state index contributed by atoms with van der Waals surface area (Å²) in [6, 6.07) is 7.89. The van der Waals surface area contributed by atoms with Crippen LogP contribution in [0.2, 0.25) is 0 Å². The zero-order valence-electron chi connectivity index (χ0n) is 24.8. The fourth-order valence-corrected chi connectivity index (χ4v) is 9.94. The zero-order valence-corrected chi connectivity index (χ0v) is 25.6. The number of likely N-dealkylation sites (N-methyl/N-ethyl adjacent to an activating group) is 1. The molecule has 0 aliphatic carbocycles. The number of thioether (sulfide) groups is 1. The molecule has 1 aromatic carbocycles. The molecule has 5 rings (SSSR count). The maximum Gasteiger partial charge on any atom is 0.247 e. The van der Waals surface area contributed by atoms with Gasteiger partial charge >= 0.3 is 0 Å². The molecule has 2 bridgehead atoms. The van der Waals surface area contributed by atoms with E-state index >= 15 is 0 Å². The molecule has 1 aromatic rings. The van der Waals surface area contributed by atoms with Gasteiger partial charge in [0.15, 0.2) is 0 Å². The average molecular weight is 597 g/mol. The van der Waals surface area contributed by atoms with Crippen LogP contribution in [-0.4, -0.2) is 124 Å². The fraction of sp³-hybridized carbons (Fsp3) is 0.594. The van der Waals surface area contributed by atoms with Gasteiger partial charge in [0.25, 0.3) is 0 Å². The van der Waals surface area contributed by atoms with Crippen molar-refractivity contribution in [3.63, 3.8) is 0 Å². The highest BCUT2D eigenvalue weighted by atomic mass is 32.2. The molecular weight excluding hydrogens is 552 g/mol. The van der Waals surface area contributed by atoms with Crippen molar-refractivity contribution in [1.82, 2.24) is 19.6 Å². The normalized spacial score (nSPS) is 31.1. The van der Waals surface area contributed by atoms with Crippen LogP contribution in [0.25, 0.3) is 0 Å². The molecule has 10 heteroatoms. The Bertz CT molecular complexity index is 1190. The molecule has 228 valence electrons. The molecule has 0 radical (unpaired) electrons. The van der Waals surface area contributed by atoms with Crippen molar-refractivity contribution in [3.8, 4) is 0 Å². The summed E-state index contributed by atoms with van der Waals surface area (Å²) in [5.74, 6) is -1.67. The Balaban J connectivity index is 1.56. The summed E-state index contributed by atoms with van der Waals surface area (Å²) in [5, 5.41) is 10.7. The van der Waals surface area contributed by atoms with E-state index in [4.69, 9.17) is 4.74 Å². The van der Waals surface area contributed by atoms with Crippen molar-refractivity contribution < 1.29 is 24.2 Å². The van der Waals surface area contributed by atoms with Gasteiger partial charge in [0, 0.05) is 51.1 Å². The number of aliphatic hydroxyl groups excluding tert-OH is 1. The number of morpholine rings is 1. The third kappa shape index (κ3) is 5.20. The molecule has 42 heavy (non-hydrogen) atoms. The van der Waals surface area contributed by atoms with E-state index in [0.29, 0.717) is 45.8 Å². The largest absolute Gasteiger partial charge is 0.394 e. The van der Waals surface area contributed by atoms with Gasteiger partial charge < -0.3 is 24.5 Å². The molecule has 1 N–H and O–H groups in total. The lowest BCUT2D eigenvalue weighted by Gasteiger charge is -2.40. The van der Waals surface area contributed by atoms with Crippen LogP contribution < -0.4 is 0 Å². The van der Waals surface area contributed by atoms with Gasteiger partial charge in [-0.1, -0.05) is 42.5 Å². The highest BCUT2D eigenvalue weighted by Gasteiger charge is 2.78. The third-order valence-electron chi connectivity index (χ3n) is 9.64.